The quantitative estimate of drug-likeness (QED) is 0.111. The normalized spacial score (nSPS) is 40.1. The van der Waals surface area contributed by atoms with Crippen molar-refractivity contribution in [1.82, 2.24) is 0 Å². The molecule has 0 aromatic heterocycles. The van der Waals surface area contributed by atoms with Crippen molar-refractivity contribution in [2.24, 2.45) is 5.92 Å². The van der Waals surface area contributed by atoms with Crippen molar-refractivity contribution in [3.63, 3.8) is 0 Å². The molecule has 12 unspecified atom stereocenters. The van der Waals surface area contributed by atoms with E-state index in [0.717, 1.165) is 12.1 Å². The van der Waals surface area contributed by atoms with Crippen LogP contribution in [0.5, 0.6) is 0 Å². The van der Waals surface area contributed by atoms with Gasteiger partial charge in [-0.25, -0.2) is 0 Å². The molecule has 3 saturated heterocycles. The van der Waals surface area contributed by atoms with Crippen LogP contribution in [0.1, 0.15) is 20.8 Å². The Morgan fingerprint density at radius 2 is 1.27 bits per heavy atom. The molecule has 0 spiro atoms. The first kappa shape index (κ1) is 46.0. The van der Waals surface area contributed by atoms with Gasteiger partial charge in [0.05, 0.1) is 0 Å². The van der Waals surface area contributed by atoms with Gasteiger partial charge in [0.25, 0.3) is 68.6 Å². The van der Waals surface area contributed by atoms with Crippen LogP contribution >= 0.6 is 0 Å². The highest BCUT2D eigenvalue weighted by molar-refractivity contribution is 6.78. The van der Waals surface area contributed by atoms with Crippen LogP contribution in [0.15, 0.2) is 0 Å². The molecular weight excluding hydrogens is 893 g/mol. The predicted octanol–water partition coefficient (Wildman–Crippen LogP) is -3.61. The van der Waals surface area contributed by atoms with Gasteiger partial charge in [-0.3, -0.25) is 0 Å². The van der Waals surface area contributed by atoms with Crippen molar-refractivity contribution >= 4 is 141 Å². The highest BCUT2D eigenvalue weighted by Gasteiger charge is 2.41. The van der Waals surface area contributed by atoms with E-state index in [1.165, 1.54) is 6.04 Å². The molecule has 16 nitrogen and oxygen atoms in total. The van der Waals surface area contributed by atoms with E-state index >= 15 is 0 Å². The smallest absolute Gasteiger partial charge is 0.441 e. The molecule has 0 amide bonds. The molecule has 12 atom stereocenters. The zero-order valence-corrected chi connectivity index (χ0v) is 49.6. The van der Waals surface area contributed by atoms with E-state index < -0.39 is 141 Å². The highest BCUT2D eigenvalue weighted by Crippen LogP contribution is 2.23. The molecule has 49 heavy (non-hydrogen) atoms. The first-order chi connectivity index (χ1) is 23.1. The molecule has 0 saturated carbocycles. The monoisotopic (exact) mass is 954 g/mol. The lowest BCUT2D eigenvalue weighted by molar-refractivity contribution is 0.126. The second-order valence-electron chi connectivity index (χ2n) is 13.5. The Morgan fingerprint density at radius 1 is 0.653 bits per heavy atom. The van der Waals surface area contributed by atoms with Crippen molar-refractivity contribution in [1.29, 1.82) is 0 Å². The third kappa shape index (κ3) is 19.9. The highest BCUT2D eigenvalue weighted by atomic mass is 28.5. The van der Waals surface area contributed by atoms with Crippen molar-refractivity contribution in [2.45, 2.75) is 110 Å². The van der Waals surface area contributed by atoms with Gasteiger partial charge in [0, 0.05) is 18.3 Å². The predicted molar refractivity (Wildman–Crippen MR) is 223 cm³/mol. The summed E-state index contributed by atoms with van der Waals surface area (Å²) in [5, 5.41) is 0. The molecule has 0 aromatic rings. The van der Waals surface area contributed by atoms with Crippen molar-refractivity contribution in [2.75, 3.05) is 0 Å². The van der Waals surface area contributed by atoms with Gasteiger partial charge in [0.15, 0.2) is 18.1 Å². The minimum atomic E-state index is -2.52. The summed E-state index contributed by atoms with van der Waals surface area (Å²) < 4.78 is 98.2. The van der Waals surface area contributed by atoms with Crippen molar-refractivity contribution in [3.8, 4) is 0 Å². The van der Waals surface area contributed by atoms with E-state index in [0.29, 0.717) is 12.0 Å². The summed E-state index contributed by atoms with van der Waals surface area (Å²) in [5.74, 6) is 0.601. The molecule has 31 heteroatoms. The maximum atomic E-state index is 6.45. The fourth-order valence-corrected chi connectivity index (χ4v) is 46.9. The lowest BCUT2D eigenvalue weighted by atomic mass is 10.3. The van der Waals surface area contributed by atoms with Crippen LogP contribution in [0, 0.1) is 5.92 Å². The minimum absolute atomic E-state index is 0.0781. The van der Waals surface area contributed by atoms with Crippen LogP contribution in [-0.4, -0.2) is 154 Å². The Labute approximate surface area is 321 Å². The van der Waals surface area contributed by atoms with E-state index in [4.69, 9.17) is 66.5 Å². The molecule has 0 N–H and O–H groups in total. The average molecular weight is 956 g/mol. The van der Waals surface area contributed by atoms with Crippen LogP contribution in [-0.2, 0) is 66.5 Å². The maximum absolute atomic E-state index is 6.45. The van der Waals surface area contributed by atoms with Crippen LogP contribution in [0.2, 0.25) is 76.6 Å². The third-order valence-corrected chi connectivity index (χ3v) is 48.9. The van der Waals surface area contributed by atoms with Crippen LogP contribution in [0.3, 0.4) is 0 Å². The Morgan fingerprint density at radius 3 is 2.02 bits per heavy atom. The Bertz CT molecular complexity index is 888. The zero-order valence-electron chi connectivity index (χ0n) is 31.2. The summed E-state index contributed by atoms with van der Waals surface area (Å²) in [4.78, 5) is 0. The van der Waals surface area contributed by atoms with Gasteiger partial charge in [-0.2, -0.15) is 0 Å². The summed E-state index contributed by atoms with van der Waals surface area (Å²) in [6, 6.07) is 3.89. The molecule has 3 rings (SSSR count). The Kier molecular flexibility index (Phi) is 22.2. The second-order valence-corrected chi connectivity index (χ2v) is 48.0. The van der Waals surface area contributed by atoms with Gasteiger partial charge in [-0.1, -0.05) is 6.92 Å². The molecule has 3 fully saturated rings. The first-order valence-electron chi connectivity index (χ1n) is 17.3. The fraction of sp³-hybridized carbons (Fsp3) is 1.00. The molecule has 0 radical (unpaired) electrons. The largest absolute Gasteiger partial charge is 0.466 e. The fourth-order valence-electron chi connectivity index (χ4n) is 5.71. The minimum Gasteiger partial charge on any atom is -0.441 e. The lowest BCUT2D eigenvalue weighted by Gasteiger charge is -2.37. The molecule has 0 bridgehead atoms. The van der Waals surface area contributed by atoms with E-state index in [1.54, 1.807) is 0 Å². The van der Waals surface area contributed by atoms with Crippen molar-refractivity contribution < 1.29 is 66.5 Å². The van der Waals surface area contributed by atoms with E-state index in [-0.39, 0.29) is 12.2 Å². The topological polar surface area (TPSA) is 148 Å². The standard InChI is InChI=1S/C18H62O16Si15/c1-16-12-40(4)28-42(6)30-45(13-16)24-36-21-35-22-39-27-49(11)15-18(3)20-46(32-44(8)33-49)25-37-23-38-26-48(9,10)34-47-19-17(2)14-41(5)29-43(7)31-47/h16-18,40-47H,12-15,35-39H2,1-11H3. The van der Waals surface area contributed by atoms with Crippen LogP contribution < -0.4 is 0 Å². The van der Waals surface area contributed by atoms with Gasteiger partial charge in [-0.05, 0) is 90.3 Å². The lowest BCUT2D eigenvalue weighted by Crippen LogP contribution is -2.53. The summed E-state index contributed by atoms with van der Waals surface area (Å²) in [6.45, 7) is 23.0. The van der Waals surface area contributed by atoms with E-state index in [9.17, 15) is 0 Å². The molecule has 0 aliphatic carbocycles. The summed E-state index contributed by atoms with van der Waals surface area (Å²) in [5.41, 5.74) is 0. The number of hydrogen-bond donors (Lipinski definition) is 0. The first-order valence-corrected chi connectivity index (χ1v) is 44.2. The summed E-state index contributed by atoms with van der Waals surface area (Å²) in [6.07, 6.45) is -0.0388. The number of rotatable bonds is 16. The average Bonchev–Trinajstić information content (AvgIpc) is 2.93. The molecule has 3 aliphatic heterocycles. The number of hydrogen-bond acceptors (Lipinski definition) is 16. The van der Waals surface area contributed by atoms with Crippen LogP contribution in [0.4, 0.5) is 0 Å². The van der Waals surface area contributed by atoms with E-state index in [1.807, 2.05) is 33.1 Å². The Balaban J connectivity index is 1.28. The molecule has 290 valence electrons. The SMILES string of the molecule is CC1C[SiH](C)O[SiH](C)O[SiH](O[SiH2]O[SiH2]O[SiH2]O[Si]2(C)CC(C)O[SiH](O[SiH2]O[SiH2]O[Si](C)(C)O[SiH]3OC(C)C[SiH](C)O[SiH](C)O3)O[SiH](C)O2)C1. The molecule has 3 heterocycles. The zero-order chi connectivity index (χ0) is 36.0. The summed E-state index contributed by atoms with van der Waals surface area (Å²) in [7, 11) is -25.3. The molecule has 0 aromatic carbocycles. The third-order valence-electron chi connectivity index (χ3n) is 7.66. The van der Waals surface area contributed by atoms with Crippen molar-refractivity contribution in [3.05, 3.63) is 0 Å². The molecular formula is C18H62O16Si15. The molecule has 3 aliphatic rings. The van der Waals surface area contributed by atoms with Crippen LogP contribution in [0.25, 0.3) is 0 Å². The van der Waals surface area contributed by atoms with Gasteiger partial charge < -0.3 is 66.5 Å². The van der Waals surface area contributed by atoms with Gasteiger partial charge in [0.2, 0.25) is 0 Å². The van der Waals surface area contributed by atoms with Gasteiger partial charge in [-0.15, -0.1) is 0 Å². The second kappa shape index (κ2) is 23.6. The van der Waals surface area contributed by atoms with Gasteiger partial charge in [0.1, 0.15) is 0 Å². The Hall–Kier alpha value is 2.61. The summed E-state index contributed by atoms with van der Waals surface area (Å²) >= 11 is 0. The van der Waals surface area contributed by atoms with Gasteiger partial charge >= 0.3 is 54.7 Å². The maximum Gasteiger partial charge on any atom is 0.466 e. The van der Waals surface area contributed by atoms with E-state index in [2.05, 4.69) is 40.0 Å².